The molecule has 0 fully saturated rings. The molecule has 0 spiro atoms. The summed E-state index contributed by atoms with van der Waals surface area (Å²) in [5, 5.41) is 0. The largest absolute Gasteiger partial charge is 0.542 e. The molecule has 0 atom stereocenters. The Kier molecular flexibility index (Phi) is 6.54. The van der Waals surface area contributed by atoms with Crippen LogP contribution < -0.4 is 4.43 Å². The summed E-state index contributed by atoms with van der Waals surface area (Å²) in [6.07, 6.45) is 0. The molecule has 0 heterocycles. The van der Waals surface area contributed by atoms with E-state index in [1.54, 1.807) is 0 Å². The van der Waals surface area contributed by atoms with Gasteiger partial charge in [-0.1, -0.05) is 71.3 Å². The first-order valence-electron chi connectivity index (χ1n) is 8.11. The van der Waals surface area contributed by atoms with Crippen molar-refractivity contribution in [3.05, 3.63) is 28.2 Å². The average molecular weight is 371 g/mol. The molecule has 0 saturated heterocycles. The van der Waals surface area contributed by atoms with Crippen LogP contribution in [0.2, 0.25) is 16.6 Å². The fourth-order valence-electron chi connectivity index (χ4n) is 3.61. The van der Waals surface area contributed by atoms with Crippen LogP contribution in [-0.4, -0.2) is 8.32 Å². The topological polar surface area (TPSA) is 9.23 Å². The van der Waals surface area contributed by atoms with Crippen LogP contribution in [0.4, 0.5) is 0 Å². The SMILES string of the molecule is CC(C)c1cc(Br)ccc1O[Si](C(C)C)(C(C)C)C(C)C. The molecule has 0 aromatic heterocycles. The van der Waals surface area contributed by atoms with Crippen LogP contribution in [0, 0.1) is 0 Å². The van der Waals surface area contributed by atoms with Crippen LogP contribution in [0.25, 0.3) is 0 Å². The number of hydrogen-bond acceptors (Lipinski definition) is 1. The lowest BCUT2D eigenvalue weighted by molar-refractivity contribution is 0.472. The maximum absolute atomic E-state index is 6.85. The molecule has 0 saturated carbocycles. The van der Waals surface area contributed by atoms with Crippen molar-refractivity contribution < 1.29 is 4.43 Å². The van der Waals surface area contributed by atoms with Gasteiger partial charge in [-0.15, -0.1) is 0 Å². The Morgan fingerprint density at radius 1 is 0.857 bits per heavy atom. The molecule has 1 aromatic carbocycles. The summed E-state index contributed by atoms with van der Waals surface area (Å²) < 4.78 is 7.98. The third-order valence-electron chi connectivity index (χ3n) is 4.59. The molecular formula is C18H31BrOSi. The van der Waals surface area contributed by atoms with E-state index in [9.17, 15) is 0 Å². The Labute approximate surface area is 140 Å². The first-order valence-corrected chi connectivity index (χ1v) is 11.0. The van der Waals surface area contributed by atoms with Crippen molar-refractivity contribution in [2.75, 3.05) is 0 Å². The molecule has 1 rings (SSSR count). The predicted molar refractivity (Wildman–Crippen MR) is 99.9 cm³/mol. The Morgan fingerprint density at radius 2 is 1.33 bits per heavy atom. The van der Waals surface area contributed by atoms with E-state index >= 15 is 0 Å². The minimum absolute atomic E-state index is 0.468. The van der Waals surface area contributed by atoms with Crippen LogP contribution in [0.5, 0.6) is 5.75 Å². The first-order chi connectivity index (χ1) is 9.62. The van der Waals surface area contributed by atoms with E-state index in [0.29, 0.717) is 22.5 Å². The lowest BCUT2D eigenvalue weighted by Crippen LogP contribution is -2.50. The molecule has 3 heteroatoms. The maximum Gasteiger partial charge on any atom is 0.258 e. The maximum atomic E-state index is 6.85. The van der Waals surface area contributed by atoms with Gasteiger partial charge in [-0.05, 0) is 46.3 Å². The molecule has 0 amide bonds. The predicted octanol–water partition coefficient (Wildman–Crippen LogP) is 7.13. The van der Waals surface area contributed by atoms with Gasteiger partial charge in [0.1, 0.15) is 5.75 Å². The molecule has 0 radical (unpaired) electrons. The number of halogens is 1. The third kappa shape index (κ3) is 3.92. The van der Waals surface area contributed by atoms with Crippen molar-refractivity contribution in [1.82, 2.24) is 0 Å². The number of benzene rings is 1. The average Bonchev–Trinajstić information content (AvgIpc) is 2.35. The molecule has 0 aliphatic rings. The highest BCUT2D eigenvalue weighted by Crippen LogP contribution is 2.44. The zero-order chi connectivity index (χ0) is 16.4. The lowest BCUT2D eigenvalue weighted by Gasteiger charge is -2.42. The fraction of sp³-hybridized carbons (Fsp3) is 0.667. The molecule has 0 bridgehead atoms. The Morgan fingerprint density at radius 3 is 1.71 bits per heavy atom. The fourth-order valence-corrected chi connectivity index (χ4v) is 9.26. The number of rotatable bonds is 6. The number of hydrogen-bond donors (Lipinski definition) is 0. The molecule has 0 N–H and O–H groups in total. The van der Waals surface area contributed by atoms with E-state index in [4.69, 9.17) is 4.43 Å². The second-order valence-electron chi connectivity index (χ2n) is 7.26. The summed E-state index contributed by atoms with van der Waals surface area (Å²) in [5.41, 5.74) is 3.10. The van der Waals surface area contributed by atoms with E-state index in [-0.39, 0.29) is 0 Å². The van der Waals surface area contributed by atoms with E-state index in [0.717, 1.165) is 10.2 Å². The summed E-state index contributed by atoms with van der Waals surface area (Å²) in [7, 11) is -1.88. The van der Waals surface area contributed by atoms with Crippen molar-refractivity contribution in [2.45, 2.75) is 77.9 Å². The molecule has 0 aliphatic heterocycles. The van der Waals surface area contributed by atoms with Gasteiger partial charge < -0.3 is 4.43 Å². The first kappa shape index (κ1) is 18.8. The molecular weight excluding hydrogens is 340 g/mol. The van der Waals surface area contributed by atoms with Crippen molar-refractivity contribution in [3.63, 3.8) is 0 Å². The summed E-state index contributed by atoms with van der Waals surface area (Å²) in [6, 6.07) is 6.45. The van der Waals surface area contributed by atoms with E-state index in [1.807, 2.05) is 0 Å². The molecule has 21 heavy (non-hydrogen) atoms. The summed E-state index contributed by atoms with van der Waals surface area (Å²) in [4.78, 5) is 0. The quantitative estimate of drug-likeness (QED) is 0.483. The van der Waals surface area contributed by atoms with Crippen LogP contribution in [0.15, 0.2) is 22.7 Å². The Balaban J connectivity index is 3.34. The second-order valence-corrected chi connectivity index (χ2v) is 13.5. The minimum atomic E-state index is -1.88. The second kappa shape index (κ2) is 7.32. The lowest BCUT2D eigenvalue weighted by atomic mass is 10.0. The van der Waals surface area contributed by atoms with Gasteiger partial charge in [-0.3, -0.25) is 0 Å². The van der Waals surface area contributed by atoms with Gasteiger partial charge in [0.05, 0.1) is 0 Å². The van der Waals surface area contributed by atoms with Crippen LogP contribution in [-0.2, 0) is 0 Å². The van der Waals surface area contributed by atoms with Crippen molar-refractivity contribution in [2.24, 2.45) is 0 Å². The smallest absolute Gasteiger partial charge is 0.258 e. The van der Waals surface area contributed by atoms with Gasteiger partial charge >= 0.3 is 0 Å². The highest BCUT2D eigenvalue weighted by Gasteiger charge is 2.47. The highest BCUT2D eigenvalue weighted by atomic mass is 79.9. The molecule has 1 aromatic rings. The van der Waals surface area contributed by atoms with Gasteiger partial charge in [0.2, 0.25) is 0 Å². The molecule has 120 valence electrons. The van der Waals surface area contributed by atoms with E-state index in [1.165, 1.54) is 5.56 Å². The molecule has 1 nitrogen and oxygen atoms in total. The highest BCUT2D eigenvalue weighted by molar-refractivity contribution is 9.10. The van der Waals surface area contributed by atoms with Crippen LogP contribution in [0.3, 0.4) is 0 Å². The van der Waals surface area contributed by atoms with Crippen molar-refractivity contribution in [1.29, 1.82) is 0 Å². The van der Waals surface area contributed by atoms with Gasteiger partial charge in [0.25, 0.3) is 8.32 Å². The standard InChI is InChI=1S/C18H31BrOSi/c1-12(2)17-11-16(19)9-10-18(17)20-21(13(3)4,14(5)6)15(7)8/h9-15H,1-8H3. The third-order valence-corrected chi connectivity index (χ3v) is 11.1. The van der Waals surface area contributed by atoms with E-state index < -0.39 is 8.32 Å². The van der Waals surface area contributed by atoms with Crippen molar-refractivity contribution >= 4 is 24.2 Å². The van der Waals surface area contributed by atoms with Gasteiger partial charge in [0.15, 0.2) is 0 Å². The normalized spacial score (nSPS) is 12.8. The summed E-state index contributed by atoms with van der Waals surface area (Å²) >= 11 is 3.59. The molecule has 0 aliphatic carbocycles. The van der Waals surface area contributed by atoms with Gasteiger partial charge in [-0.2, -0.15) is 0 Å². The molecule has 0 unspecified atom stereocenters. The van der Waals surface area contributed by atoms with Crippen molar-refractivity contribution in [3.8, 4) is 5.75 Å². The van der Waals surface area contributed by atoms with Crippen LogP contribution in [0.1, 0.15) is 66.9 Å². The minimum Gasteiger partial charge on any atom is -0.542 e. The van der Waals surface area contributed by atoms with Gasteiger partial charge in [-0.25, -0.2) is 0 Å². The van der Waals surface area contributed by atoms with E-state index in [2.05, 4.69) is 89.5 Å². The Hall–Kier alpha value is -0.283. The monoisotopic (exact) mass is 370 g/mol. The Bertz CT molecular complexity index is 445. The zero-order valence-electron chi connectivity index (χ0n) is 14.8. The van der Waals surface area contributed by atoms with Gasteiger partial charge in [0, 0.05) is 4.47 Å². The summed E-state index contributed by atoms with van der Waals surface area (Å²) in [6.45, 7) is 18.5. The zero-order valence-corrected chi connectivity index (χ0v) is 17.4. The van der Waals surface area contributed by atoms with Crippen LogP contribution >= 0.6 is 15.9 Å². The summed E-state index contributed by atoms with van der Waals surface area (Å²) in [5.74, 6) is 1.56.